The summed E-state index contributed by atoms with van der Waals surface area (Å²) < 4.78 is 0. The fourth-order valence-electron chi connectivity index (χ4n) is 2.72. The minimum Gasteiger partial charge on any atom is -0.324 e. The van der Waals surface area contributed by atoms with Crippen LogP contribution in [0.5, 0.6) is 0 Å². The third-order valence-electron chi connectivity index (χ3n) is 4.24. The fraction of sp³-hybridized carbons (Fsp3) is 0.130. The number of benzene rings is 3. The van der Waals surface area contributed by atoms with Gasteiger partial charge in [-0.2, -0.15) is 0 Å². The van der Waals surface area contributed by atoms with Crippen LogP contribution < -0.4 is 10.6 Å². The minimum atomic E-state index is -0.386. The van der Waals surface area contributed by atoms with Crippen molar-refractivity contribution in [1.82, 2.24) is 0 Å². The molecule has 0 heterocycles. The van der Waals surface area contributed by atoms with Gasteiger partial charge in [-0.15, -0.1) is 11.8 Å². The second kappa shape index (κ2) is 10.0. The van der Waals surface area contributed by atoms with Crippen LogP contribution in [-0.2, 0) is 4.79 Å². The lowest BCUT2D eigenvalue weighted by atomic mass is 10.1. The Balaban J connectivity index is 1.64. The summed E-state index contributed by atoms with van der Waals surface area (Å²) in [4.78, 5) is 25.9. The summed E-state index contributed by atoms with van der Waals surface area (Å²) in [6, 6.07) is 19.7. The smallest absolute Gasteiger partial charge is 0.255 e. The normalized spacial score (nSPS) is 11.6. The first-order valence-corrected chi connectivity index (χ1v) is 10.9. The van der Waals surface area contributed by atoms with Crippen LogP contribution in [0.15, 0.2) is 71.6 Å². The van der Waals surface area contributed by atoms with E-state index in [1.54, 1.807) is 31.2 Å². The number of amides is 2. The van der Waals surface area contributed by atoms with Crippen LogP contribution >= 0.6 is 35.0 Å². The van der Waals surface area contributed by atoms with E-state index < -0.39 is 0 Å². The Hall–Kier alpha value is -2.47. The number of rotatable bonds is 6. The molecule has 0 bridgehead atoms. The summed E-state index contributed by atoms with van der Waals surface area (Å²) in [6.07, 6.45) is 0. The maximum atomic E-state index is 12.6. The molecule has 0 saturated carbocycles. The van der Waals surface area contributed by atoms with Gasteiger partial charge in [-0.3, -0.25) is 9.59 Å². The van der Waals surface area contributed by atoms with Gasteiger partial charge in [0.2, 0.25) is 5.91 Å². The highest BCUT2D eigenvalue weighted by Crippen LogP contribution is 2.29. The molecule has 3 aromatic carbocycles. The summed E-state index contributed by atoms with van der Waals surface area (Å²) in [5.41, 5.74) is 2.75. The van der Waals surface area contributed by atoms with Crippen LogP contribution in [0.1, 0.15) is 22.8 Å². The van der Waals surface area contributed by atoms with Gasteiger partial charge in [0.05, 0.1) is 16.0 Å². The molecule has 154 valence electrons. The number of hydrogen-bond acceptors (Lipinski definition) is 3. The van der Waals surface area contributed by atoms with Crippen LogP contribution in [-0.4, -0.2) is 17.1 Å². The molecule has 0 aromatic heterocycles. The van der Waals surface area contributed by atoms with Crippen LogP contribution in [0, 0.1) is 6.92 Å². The number of halogens is 2. The molecule has 1 unspecified atom stereocenters. The largest absolute Gasteiger partial charge is 0.324 e. The van der Waals surface area contributed by atoms with E-state index >= 15 is 0 Å². The van der Waals surface area contributed by atoms with Gasteiger partial charge < -0.3 is 10.6 Å². The molecule has 0 radical (unpaired) electrons. The Morgan fingerprint density at radius 1 is 0.933 bits per heavy atom. The molecular formula is C23H20Cl2N2O2S. The van der Waals surface area contributed by atoms with Crippen molar-refractivity contribution < 1.29 is 9.59 Å². The second-order valence-electron chi connectivity index (χ2n) is 6.72. The maximum absolute atomic E-state index is 12.6. The molecule has 0 aliphatic rings. The Kier molecular flexibility index (Phi) is 7.43. The van der Waals surface area contributed by atoms with E-state index in [-0.39, 0.29) is 17.1 Å². The van der Waals surface area contributed by atoms with Gasteiger partial charge in [0.15, 0.2) is 0 Å². The first-order valence-electron chi connectivity index (χ1n) is 9.22. The van der Waals surface area contributed by atoms with E-state index in [1.165, 1.54) is 11.8 Å². The van der Waals surface area contributed by atoms with Crippen molar-refractivity contribution in [2.75, 3.05) is 10.6 Å². The lowest BCUT2D eigenvalue weighted by molar-refractivity contribution is -0.115. The zero-order chi connectivity index (χ0) is 21.7. The molecule has 3 aromatic rings. The standard InChI is InChI=1S/C23H20Cl2N2O2S/c1-14-5-3-6-16(11-14)23(29)26-18-7-4-8-19(13-18)30-15(2)22(28)27-21-12-17(24)9-10-20(21)25/h3-13,15H,1-2H3,(H,26,29)(H,27,28). The Labute approximate surface area is 190 Å². The van der Waals surface area contributed by atoms with Crippen molar-refractivity contribution in [2.24, 2.45) is 0 Å². The van der Waals surface area contributed by atoms with E-state index in [4.69, 9.17) is 23.2 Å². The molecule has 2 N–H and O–H groups in total. The first kappa shape index (κ1) is 22.2. The maximum Gasteiger partial charge on any atom is 0.255 e. The second-order valence-corrected chi connectivity index (χ2v) is 8.98. The summed E-state index contributed by atoms with van der Waals surface area (Å²) in [6.45, 7) is 3.74. The molecule has 0 fully saturated rings. The highest BCUT2D eigenvalue weighted by Gasteiger charge is 2.16. The first-order chi connectivity index (χ1) is 14.3. The van der Waals surface area contributed by atoms with Crippen molar-refractivity contribution in [2.45, 2.75) is 24.0 Å². The highest BCUT2D eigenvalue weighted by molar-refractivity contribution is 8.00. The number of aryl methyl sites for hydroxylation is 1. The van der Waals surface area contributed by atoms with Gasteiger partial charge in [0.1, 0.15) is 0 Å². The van der Waals surface area contributed by atoms with E-state index in [0.717, 1.165) is 10.5 Å². The molecule has 0 spiro atoms. The molecule has 4 nitrogen and oxygen atoms in total. The van der Waals surface area contributed by atoms with Crippen molar-refractivity contribution in [3.63, 3.8) is 0 Å². The van der Waals surface area contributed by atoms with Crippen LogP contribution in [0.3, 0.4) is 0 Å². The van der Waals surface area contributed by atoms with E-state index in [2.05, 4.69) is 10.6 Å². The molecule has 0 aliphatic heterocycles. The summed E-state index contributed by atoms with van der Waals surface area (Å²) in [5.74, 6) is -0.374. The van der Waals surface area contributed by atoms with Crippen LogP contribution in [0.2, 0.25) is 10.0 Å². The quantitative estimate of drug-likeness (QED) is 0.405. The monoisotopic (exact) mass is 458 g/mol. The van der Waals surface area contributed by atoms with Gasteiger partial charge in [0.25, 0.3) is 5.91 Å². The highest BCUT2D eigenvalue weighted by atomic mass is 35.5. The predicted octanol–water partition coefficient (Wildman–Crippen LogP) is 6.67. The Morgan fingerprint density at radius 3 is 2.47 bits per heavy atom. The molecule has 2 amide bonds. The van der Waals surface area contributed by atoms with Crippen molar-refractivity contribution >= 4 is 58.2 Å². The van der Waals surface area contributed by atoms with Gasteiger partial charge in [-0.05, 0) is 62.4 Å². The predicted molar refractivity (Wildman–Crippen MR) is 126 cm³/mol. The third-order valence-corrected chi connectivity index (χ3v) is 5.90. The average molecular weight is 459 g/mol. The molecule has 7 heteroatoms. The molecule has 1 atom stereocenters. The lowest BCUT2D eigenvalue weighted by Crippen LogP contribution is -2.22. The molecule has 30 heavy (non-hydrogen) atoms. The van der Waals surface area contributed by atoms with E-state index in [9.17, 15) is 9.59 Å². The molecule has 0 aliphatic carbocycles. The van der Waals surface area contributed by atoms with Gasteiger partial charge >= 0.3 is 0 Å². The average Bonchev–Trinajstić information content (AvgIpc) is 2.71. The number of hydrogen-bond donors (Lipinski definition) is 2. The number of anilines is 2. The van der Waals surface area contributed by atoms with Gasteiger partial charge in [0, 0.05) is 21.2 Å². The van der Waals surface area contributed by atoms with E-state index in [1.807, 2.05) is 49.4 Å². The van der Waals surface area contributed by atoms with Crippen LogP contribution in [0.25, 0.3) is 0 Å². The lowest BCUT2D eigenvalue weighted by Gasteiger charge is -2.14. The molecule has 0 saturated heterocycles. The molecular weight excluding hydrogens is 439 g/mol. The number of carbonyl (C=O) groups is 2. The number of carbonyl (C=O) groups excluding carboxylic acids is 2. The van der Waals surface area contributed by atoms with Crippen molar-refractivity contribution in [1.29, 1.82) is 0 Å². The van der Waals surface area contributed by atoms with Crippen molar-refractivity contribution in [3.05, 3.63) is 87.9 Å². The zero-order valence-electron chi connectivity index (χ0n) is 16.4. The van der Waals surface area contributed by atoms with Gasteiger partial charge in [-0.1, -0.05) is 47.0 Å². The summed E-state index contributed by atoms with van der Waals surface area (Å²) in [5, 5.41) is 6.22. The Bertz CT molecular complexity index is 1090. The van der Waals surface area contributed by atoms with E-state index in [0.29, 0.717) is 27.0 Å². The Morgan fingerprint density at radius 2 is 1.70 bits per heavy atom. The third kappa shape index (κ3) is 6.02. The van der Waals surface area contributed by atoms with Crippen LogP contribution in [0.4, 0.5) is 11.4 Å². The summed E-state index contributed by atoms with van der Waals surface area (Å²) in [7, 11) is 0. The number of nitrogens with one attached hydrogen (secondary N) is 2. The van der Waals surface area contributed by atoms with Gasteiger partial charge in [-0.25, -0.2) is 0 Å². The zero-order valence-corrected chi connectivity index (χ0v) is 18.7. The topological polar surface area (TPSA) is 58.2 Å². The number of thioether (sulfide) groups is 1. The molecule has 3 rings (SSSR count). The SMILES string of the molecule is Cc1cccc(C(=O)Nc2cccc(SC(C)C(=O)Nc3cc(Cl)ccc3Cl)c2)c1. The summed E-state index contributed by atoms with van der Waals surface area (Å²) >= 11 is 13.5. The fourth-order valence-corrected chi connectivity index (χ4v) is 3.99. The minimum absolute atomic E-state index is 0.178. The van der Waals surface area contributed by atoms with Crippen molar-refractivity contribution in [3.8, 4) is 0 Å².